The van der Waals surface area contributed by atoms with Crippen molar-refractivity contribution in [2.75, 3.05) is 12.4 Å². The number of primary amides is 2. The van der Waals surface area contributed by atoms with Crippen LogP contribution in [0.15, 0.2) is 48.7 Å². The SMILES string of the molecule is CNC(=O)c1ccc(-c2ccc(-n3cc(NC(N)=O)c(C(N)=O)n3)cc2)cc1F. The Morgan fingerprint density at radius 1 is 1.03 bits per heavy atom. The lowest BCUT2D eigenvalue weighted by Gasteiger charge is -2.07. The van der Waals surface area contributed by atoms with Crippen LogP contribution in [-0.4, -0.2) is 34.7 Å². The van der Waals surface area contributed by atoms with Crippen molar-refractivity contribution in [1.29, 1.82) is 0 Å². The number of amides is 4. The van der Waals surface area contributed by atoms with Crippen molar-refractivity contribution >= 4 is 23.5 Å². The smallest absolute Gasteiger partial charge is 0.316 e. The molecule has 0 bridgehead atoms. The zero-order chi connectivity index (χ0) is 21.1. The van der Waals surface area contributed by atoms with Gasteiger partial charge in [-0.15, -0.1) is 0 Å². The Morgan fingerprint density at radius 2 is 1.69 bits per heavy atom. The van der Waals surface area contributed by atoms with E-state index in [1.165, 1.54) is 30.1 Å². The third-order valence-electron chi connectivity index (χ3n) is 4.11. The van der Waals surface area contributed by atoms with E-state index in [-0.39, 0.29) is 16.9 Å². The molecule has 0 saturated carbocycles. The Kier molecular flexibility index (Phi) is 5.26. The number of rotatable bonds is 5. The van der Waals surface area contributed by atoms with E-state index in [2.05, 4.69) is 15.7 Å². The van der Waals surface area contributed by atoms with E-state index in [9.17, 15) is 18.8 Å². The second-order valence-corrected chi connectivity index (χ2v) is 6.01. The molecule has 4 amide bonds. The summed E-state index contributed by atoms with van der Waals surface area (Å²) in [7, 11) is 1.43. The predicted octanol–water partition coefficient (Wildman–Crippen LogP) is 1.63. The summed E-state index contributed by atoms with van der Waals surface area (Å²) in [6, 6.07) is 10.3. The van der Waals surface area contributed by atoms with Gasteiger partial charge in [0.05, 0.1) is 23.1 Å². The number of urea groups is 1. The van der Waals surface area contributed by atoms with Gasteiger partial charge in [0.1, 0.15) is 5.82 Å². The lowest BCUT2D eigenvalue weighted by atomic mass is 10.0. The number of nitrogens with zero attached hydrogens (tertiary/aromatic N) is 2. The highest BCUT2D eigenvalue weighted by molar-refractivity contribution is 6.00. The second-order valence-electron chi connectivity index (χ2n) is 6.01. The van der Waals surface area contributed by atoms with Crippen molar-refractivity contribution < 1.29 is 18.8 Å². The quantitative estimate of drug-likeness (QED) is 0.519. The van der Waals surface area contributed by atoms with Gasteiger partial charge in [-0.3, -0.25) is 9.59 Å². The van der Waals surface area contributed by atoms with E-state index in [0.717, 1.165) is 0 Å². The highest BCUT2D eigenvalue weighted by Crippen LogP contribution is 2.24. The van der Waals surface area contributed by atoms with Gasteiger partial charge in [-0.05, 0) is 35.4 Å². The first kappa shape index (κ1) is 19.5. The molecular formula is C19H17FN6O3. The van der Waals surface area contributed by atoms with Crippen molar-refractivity contribution in [3.63, 3.8) is 0 Å². The van der Waals surface area contributed by atoms with Crippen LogP contribution in [0.2, 0.25) is 0 Å². The number of carbonyl (C=O) groups excluding carboxylic acids is 3. The number of halogens is 1. The number of nitrogens with two attached hydrogens (primary N) is 2. The summed E-state index contributed by atoms with van der Waals surface area (Å²) in [5.41, 5.74) is 12.1. The van der Waals surface area contributed by atoms with Crippen molar-refractivity contribution in [2.45, 2.75) is 0 Å². The first-order chi connectivity index (χ1) is 13.8. The van der Waals surface area contributed by atoms with Crippen LogP contribution in [0.5, 0.6) is 0 Å². The number of hydrogen-bond acceptors (Lipinski definition) is 4. The fraction of sp³-hybridized carbons (Fsp3) is 0.0526. The van der Waals surface area contributed by atoms with Gasteiger partial charge in [0.15, 0.2) is 5.69 Å². The Hall–Kier alpha value is -4.21. The second kappa shape index (κ2) is 7.80. The molecule has 3 rings (SSSR count). The molecule has 10 heteroatoms. The molecular weight excluding hydrogens is 379 g/mol. The maximum atomic E-state index is 14.2. The number of benzene rings is 2. The first-order valence-corrected chi connectivity index (χ1v) is 8.38. The normalized spacial score (nSPS) is 10.4. The van der Waals surface area contributed by atoms with Gasteiger partial charge in [0, 0.05) is 7.05 Å². The largest absolute Gasteiger partial charge is 0.364 e. The third kappa shape index (κ3) is 4.05. The van der Waals surface area contributed by atoms with E-state index in [1.54, 1.807) is 30.3 Å². The number of anilines is 1. The van der Waals surface area contributed by atoms with Crippen molar-refractivity contribution in [1.82, 2.24) is 15.1 Å². The van der Waals surface area contributed by atoms with Crippen LogP contribution in [0.4, 0.5) is 14.9 Å². The van der Waals surface area contributed by atoms with Crippen molar-refractivity contribution in [2.24, 2.45) is 11.5 Å². The summed E-state index contributed by atoms with van der Waals surface area (Å²) in [6.07, 6.45) is 1.40. The minimum atomic E-state index is -0.857. The maximum absolute atomic E-state index is 14.2. The average molecular weight is 396 g/mol. The molecule has 0 aliphatic rings. The van der Waals surface area contributed by atoms with E-state index in [0.29, 0.717) is 16.8 Å². The molecule has 0 unspecified atom stereocenters. The van der Waals surface area contributed by atoms with Crippen LogP contribution in [-0.2, 0) is 0 Å². The fourth-order valence-corrected chi connectivity index (χ4v) is 2.73. The minimum absolute atomic E-state index is 0.0436. The molecule has 1 heterocycles. The molecule has 0 radical (unpaired) electrons. The van der Waals surface area contributed by atoms with Gasteiger partial charge >= 0.3 is 6.03 Å². The summed E-state index contributed by atoms with van der Waals surface area (Å²) in [6.45, 7) is 0. The summed E-state index contributed by atoms with van der Waals surface area (Å²) in [5.74, 6) is -1.96. The number of nitrogens with one attached hydrogen (secondary N) is 2. The topological polar surface area (TPSA) is 145 Å². The van der Waals surface area contributed by atoms with Crippen molar-refractivity contribution in [3.05, 3.63) is 65.7 Å². The molecule has 9 nitrogen and oxygen atoms in total. The van der Waals surface area contributed by atoms with Crippen LogP contribution in [0.3, 0.4) is 0 Å². The van der Waals surface area contributed by atoms with Gasteiger partial charge in [-0.25, -0.2) is 13.9 Å². The van der Waals surface area contributed by atoms with Crippen LogP contribution >= 0.6 is 0 Å². The zero-order valence-corrected chi connectivity index (χ0v) is 15.3. The molecule has 3 aromatic rings. The van der Waals surface area contributed by atoms with E-state index < -0.39 is 23.7 Å². The van der Waals surface area contributed by atoms with Gasteiger partial charge in [-0.2, -0.15) is 5.10 Å². The molecule has 0 aliphatic carbocycles. The Balaban J connectivity index is 1.91. The predicted molar refractivity (Wildman–Crippen MR) is 104 cm³/mol. The maximum Gasteiger partial charge on any atom is 0.316 e. The Labute approximate surface area is 164 Å². The van der Waals surface area contributed by atoms with Crippen molar-refractivity contribution in [3.8, 4) is 16.8 Å². The molecule has 0 spiro atoms. The monoisotopic (exact) mass is 396 g/mol. The molecule has 0 aliphatic heterocycles. The Morgan fingerprint density at radius 3 is 2.24 bits per heavy atom. The van der Waals surface area contributed by atoms with Crippen LogP contribution < -0.4 is 22.1 Å². The lowest BCUT2D eigenvalue weighted by Crippen LogP contribution is -2.22. The van der Waals surface area contributed by atoms with Crippen LogP contribution in [0, 0.1) is 5.82 Å². The minimum Gasteiger partial charge on any atom is -0.364 e. The number of carbonyl (C=O) groups is 3. The number of aromatic nitrogens is 2. The third-order valence-corrected chi connectivity index (χ3v) is 4.11. The average Bonchev–Trinajstić information content (AvgIpc) is 3.11. The summed E-state index contributed by atoms with van der Waals surface area (Å²) in [5, 5.41) is 8.72. The fourth-order valence-electron chi connectivity index (χ4n) is 2.73. The molecule has 0 atom stereocenters. The van der Waals surface area contributed by atoms with Gasteiger partial charge in [0.2, 0.25) is 0 Å². The molecule has 29 heavy (non-hydrogen) atoms. The summed E-state index contributed by atoms with van der Waals surface area (Å²) < 4.78 is 15.5. The standard InChI is InChI=1S/C19H17FN6O3/c1-23-18(28)13-7-4-11(8-14(13)20)10-2-5-12(6-3-10)26-9-15(24-19(22)29)16(25-26)17(21)27/h2-9H,1H3,(H2,21,27)(H,23,28)(H3,22,24,29). The molecule has 0 saturated heterocycles. The van der Waals surface area contributed by atoms with E-state index in [1.807, 2.05) is 0 Å². The molecule has 1 aromatic heterocycles. The molecule has 0 fully saturated rings. The summed E-state index contributed by atoms with van der Waals surface area (Å²) >= 11 is 0. The number of hydrogen-bond donors (Lipinski definition) is 4. The molecule has 148 valence electrons. The Bertz CT molecular complexity index is 1110. The van der Waals surface area contributed by atoms with Gasteiger partial charge in [-0.1, -0.05) is 18.2 Å². The first-order valence-electron chi connectivity index (χ1n) is 8.38. The van der Waals surface area contributed by atoms with Crippen LogP contribution in [0.25, 0.3) is 16.8 Å². The van der Waals surface area contributed by atoms with Gasteiger partial charge in [0.25, 0.3) is 11.8 Å². The van der Waals surface area contributed by atoms with E-state index >= 15 is 0 Å². The molecule has 2 aromatic carbocycles. The lowest BCUT2D eigenvalue weighted by molar-refractivity contribution is 0.0957. The van der Waals surface area contributed by atoms with Gasteiger partial charge < -0.3 is 22.1 Å². The highest BCUT2D eigenvalue weighted by Gasteiger charge is 2.16. The zero-order valence-electron chi connectivity index (χ0n) is 15.3. The highest BCUT2D eigenvalue weighted by atomic mass is 19.1. The van der Waals surface area contributed by atoms with Crippen LogP contribution in [0.1, 0.15) is 20.8 Å². The summed E-state index contributed by atoms with van der Waals surface area (Å²) in [4.78, 5) is 34.2. The van der Waals surface area contributed by atoms with E-state index in [4.69, 9.17) is 11.5 Å². The molecule has 6 N–H and O–H groups in total.